The average Bonchev–Trinajstić information content (AvgIpc) is 3.53. The van der Waals surface area contributed by atoms with Crippen molar-refractivity contribution in [2.75, 3.05) is 56.7 Å². The number of carbonyl (C=O) groups excluding carboxylic acids is 2. The second-order valence-electron chi connectivity index (χ2n) is 10.5. The molecule has 1 aromatic carbocycles. The number of carboxylic acids is 1. The Morgan fingerprint density at radius 2 is 1.77 bits per heavy atom. The van der Waals surface area contributed by atoms with Gasteiger partial charge in [0, 0.05) is 70.6 Å². The summed E-state index contributed by atoms with van der Waals surface area (Å²) in [7, 11) is 3.68. The van der Waals surface area contributed by atoms with Gasteiger partial charge in [-0.3, -0.25) is 19.5 Å². The monoisotopic (exact) mass is 650 g/mol. The molecule has 0 saturated heterocycles. The lowest BCUT2D eigenvalue weighted by Crippen LogP contribution is -2.47. The number of carbonyl (C=O) groups is 3. The van der Waals surface area contributed by atoms with Gasteiger partial charge in [0.25, 0.3) is 0 Å². The molecule has 44 heavy (non-hydrogen) atoms. The van der Waals surface area contributed by atoms with Gasteiger partial charge in [-0.2, -0.15) is 0 Å². The normalized spacial score (nSPS) is 13.6. The number of nitrogens with one attached hydrogen (secondary N) is 2. The number of aromatic amines is 1. The highest BCUT2D eigenvalue weighted by atomic mass is 35.5. The minimum atomic E-state index is -1.11. The highest BCUT2D eigenvalue weighted by Crippen LogP contribution is 2.40. The number of rotatable bonds is 12. The van der Waals surface area contributed by atoms with Crippen LogP contribution >= 0.6 is 24.8 Å². The first-order valence-electron chi connectivity index (χ1n) is 14.1. The molecule has 1 aliphatic heterocycles. The maximum Gasteiger partial charge on any atom is 0.337 e. The summed E-state index contributed by atoms with van der Waals surface area (Å²) in [5, 5.41) is 11.5. The van der Waals surface area contributed by atoms with E-state index in [1.54, 1.807) is 36.9 Å². The van der Waals surface area contributed by atoms with Crippen molar-refractivity contribution in [1.82, 2.24) is 20.2 Å². The van der Waals surface area contributed by atoms with E-state index in [2.05, 4.69) is 20.2 Å². The van der Waals surface area contributed by atoms with E-state index in [4.69, 9.17) is 9.84 Å². The number of likely N-dealkylation sites (N-methyl/N-ethyl adjacent to an activating group) is 1. The Bertz CT molecular complexity index is 1320. The fourth-order valence-electron chi connectivity index (χ4n) is 4.69. The Morgan fingerprint density at radius 3 is 2.34 bits per heavy atom. The molecule has 0 radical (unpaired) electrons. The van der Waals surface area contributed by atoms with Crippen molar-refractivity contribution in [1.29, 1.82) is 0 Å². The van der Waals surface area contributed by atoms with Crippen molar-refractivity contribution in [3.05, 3.63) is 72.3 Å². The summed E-state index contributed by atoms with van der Waals surface area (Å²) in [6.45, 7) is 9.98. The van der Waals surface area contributed by atoms with Crippen molar-refractivity contribution in [2.45, 2.75) is 33.7 Å². The Balaban J connectivity index is 0.000000841. The van der Waals surface area contributed by atoms with Gasteiger partial charge in [0.2, 0.25) is 11.8 Å². The number of hydrogen-bond donors (Lipinski definition) is 3. The summed E-state index contributed by atoms with van der Waals surface area (Å²) in [6.07, 6.45) is 7.52. The number of H-pyrrole nitrogens is 1. The molecule has 0 spiro atoms. The molecule has 13 heteroatoms. The Kier molecular flexibility index (Phi) is 15.9. The first-order chi connectivity index (χ1) is 20.1. The summed E-state index contributed by atoms with van der Waals surface area (Å²) in [5.74, 6) is -0.609. The topological polar surface area (TPSA) is 131 Å². The van der Waals surface area contributed by atoms with Crippen LogP contribution in [-0.2, 0) is 16.1 Å². The van der Waals surface area contributed by atoms with Gasteiger partial charge in [-0.25, -0.2) is 4.79 Å². The van der Waals surface area contributed by atoms with E-state index in [0.717, 1.165) is 38.3 Å². The number of aromatic nitrogens is 2. The van der Waals surface area contributed by atoms with Crippen LogP contribution in [0.15, 0.2) is 61.2 Å². The number of hydrogen-bond acceptors (Lipinski definition) is 7. The van der Waals surface area contributed by atoms with Gasteiger partial charge in [0.15, 0.2) is 0 Å². The van der Waals surface area contributed by atoms with Gasteiger partial charge in [-0.05, 0) is 70.1 Å². The number of halogens is 2. The Hall–Kier alpha value is -3.64. The van der Waals surface area contributed by atoms with Gasteiger partial charge < -0.3 is 29.9 Å². The van der Waals surface area contributed by atoms with Crippen LogP contribution in [0.1, 0.15) is 43.1 Å². The fourth-order valence-corrected chi connectivity index (χ4v) is 4.69. The number of aromatic carboxylic acids is 1. The SMILES string of the molecule is CCN1C(=O)C(C)(C)C(=O)N(C)c2cc(OCCCN(CCNC)Cc3ccncc3)ccc21.Cl.Cl.O=C(O)c1cc[nH]c1. The molecule has 2 aromatic heterocycles. The lowest BCUT2D eigenvalue weighted by atomic mass is 9.90. The molecule has 0 aliphatic carbocycles. The van der Waals surface area contributed by atoms with E-state index < -0.39 is 11.4 Å². The van der Waals surface area contributed by atoms with Crippen LogP contribution in [0.4, 0.5) is 11.4 Å². The zero-order valence-corrected chi connectivity index (χ0v) is 27.5. The molecule has 0 saturated carbocycles. The third-order valence-corrected chi connectivity index (χ3v) is 7.10. The number of anilines is 2. The molecule has 1 aliphatic rings. The van der Waals surface area contributed by atoms with Crippen LogP contribution < -0.4 is 19.9 Å². The van der Waals surface area contributed by atoms with E-state index in [0.29, 0.717) is 30.2 Å². The molecule has 2 amide bonds. The van der Waals surface area contributed by atoms with Crippen LogP contribution in [0.3, 0.4) is 0 Å². The minimum Gasteiger partial charge on any atom is -0.493 e. The van der Waals surface area contributed by atoms with Crippen molar-refractivity contribution in [2.24, 2.45) is 5.41 Å². The van der Waals surface area contributed by atoms with Gasteiger partial charge in [0.05, 0.1) is 23.5 Å². The smallest absolute Gasteiger partial charge is 0.337 e. The van der Waals surface area contributed by atoms with Crippen LogP contribution in [0.5, 0.6) is 5.75 Å². The maximum absolute atomic E-state index is 13.0. The van der Waals surface area contributed by atoms with Crippen molar-refractivity contribution < 1.29 is 24.2 Å². The standard InChI is InChI=1S/C26H37N5O3.C5H5NO2.2ClH/c1-6-31-22-9-8-21(18-23(22)29(5)24(32)26(2,3)25(31)33)34-17-7-15-30(16-14-27-4)19-20-10-12-28-13-11-20;7-5(8)4-1-2-6-3-4;;/h8-13,18,27H,6-7,14-17,19H2,1-5H3;1-3,6H,(H,7,8);2*1H. The summed E-state index contributed by atoms with van der Waals surface area (Å²) in [6, 6.07) is 11.2. The van der Waals surface area contributed by atoms with Crippen molar-refractivity contribution >= 4 is 54.0 Å². The molecule has 0 bridgehead atoms. The van der Waals surface area contributed by atoms with E-state index >= 15 is 0 Å². The Morgan fingerprint density at radius 1 is 1.07 bits per heavy atom. The average molecular weight is 652 g/mol. The van der Waals surface area contributed by atoms with Gasteiger partial charge in [-0.1, -0.05) is 0 Å². The predicted octanol–water partition coefficient (Wildman–Crippen LogP) is 4.48. The number of pyridine rings is 1. The number of nitrogens with zero attached hydrogens (tertiary/aromatic N) is 4. The van der Waals surface area contributed by atoms with Crippen LogP contribution in [0, 0.1) is 5.41 Å². The second-order valence-corrected chi connectivity index (χ2v) is 10.5. The fraction of sp³-hybridized carbons (Fsp3) is 0.419. The summed E-state index contributed by atoms with van der Waals surface area (Å²) in [5.41, 5.74) is 1.85. The lowest BCUT2D eigenvalue weighted by Gasteiger charge is -2.27. The molecule has 0 atom stereocenters. The highest BCUT2D eigenvalue weighted by Gasteiger charge is 2.45. The molecule has 4 rings (SSSR count). The zero-order chi connectivity index (χ0) is 30.7. The Labute approximate surface area is 271 Å². The van der Waals surface area contributed by atoms with E-state index in [9.17, 15) is 14.4 Å². The first-order valence-corrected chi connectivity index (χ1v) is 14.1. The molecule has 0 fully saturated rings. The third kappa shape index (κ3) is 9.95. The lowest BCUT2D eigenvalue weighted by molar-refractivity contribution is -0.137. The highest BCUT2D eigenvalue weighted by molar-refractivity contribution is 6.20. The van der Waals surface area contributed by atoms with Crippen molar-refractivity contribution in [3.63, 3.8) is 0 Å². The molecular weight excluding hydrogens is 607 g/mol. The van der Waals surface area contributed by atoms with Gasteiger partial charge in [-0.15, -0.1) is 24.8 Å². The largest absolute Gasteiger partial charge is 0.493 e. The predicted molar refractivity (Wildman–Crippen MR) is 177 cm³/mol. The second kappa shape index (κ2) is 18.2. The number of ether oxygens (including phenoxy) is 1. The van der Waals surface area contributed by atoms with Gasteiger partial charge in [0.1, 0.15) is 11.2 Å². The van der Waals surface area contributed by atoms with Crippen LogP contribution in [0.25, 0.3) is 0 Å². The third-order valence-electron chi connectivity index (χ3n) is 7.10. The summed E-state index contributed by atoms with van der Waals surface area (Å²) < 4.78 is 6.06. The molecule has 3 N–H and O–H groups in total. The number of amides is 2. The van der Waals surface area contributed by atoms with Gasteiger partial charge >= 0.3 is 5.97 Å². The van der Waals surface area contributed by atoms with E-state index in [1.165, 1.54) is 17.8 Å². The number of fused-ring (bicyclic) bond motifs is 1. The van der Waals surface area contributed by atoms with Crippen LogP contribution in [0.2, 0.25) is 0 Å². The molecule has 11 nitrogen and oxygen atoms in total. The maximum atomic E-state index is 13.0. The number of carboxylic acid groups (broad SMARTS) is 1. The molecule has 3 aromatic rings. The summed E-state index contributed by atoms with van der Waals surface area (Å²) in [4.78, 5) is 48.4. The summed E-state index contributed by atoms with van der Waals surface area (Å²) >= 11 is 0. The molecular formula is C31H44Cl2N6O5. The molecule has 3 heterocycles. The van der Waals surface area contributed by atoms with Crippen molar-refractivity contribution in [3.8, 4) is 5.75 Å². The molecule has 242 valence electrons. The van der Waals surface area contributed by atoms with Crippen LogP contribution in [-0.4, -0.2) is 84.6 Å². The first kappa shape index (κ1) is 38.4. The molecule has 0 unspecified atom stereocenters. The zero-order valence-electron chi connectivity index (χ0n) is 25.9. The van der Waals surface area contributed by atoms with E-state index in [-0.39, 0.29) is 36.6 Å². The quantitative estimate of drug-likeness (QED) is 0.193. The van der Waals surface area contributed by atoms with E-state index in [1.807, 2.05) is 56.7 Å². The number of benzene rings is 1. The minimum absolute atomic E-state index is 0.